The van der Waals surface area contributed by atoms with Crippen molar-refractivity contribution >= 4 is 17.6 Å². The monoisotopic (exact) mass is 365 g/mol. The van der Waals surface area contributed by atoms with Gasteiger partial charge in [-0.05, 0) is 29.8 Å². The van der Waals surface area contributed by atoms with Crippen LogP contribution in [0, 0.1) is 0 Å². The van der Waals surface area contributed by atoms with Crippen molar-refractivity contribution in [2.75, 3.05) is 25.6 Å². The molecule has 4 rings (SSSR count). The molecule has 3 amide bonds. The number of aromatic hydroxyl groups is 1. The van der Waals surface area contributed by atoms with E-state index in [-0.39, 0.29) is 24.2 Å². The molecule has 2 aliphatic heterocycles. The van der Waals surface area contributed by atoms with E-state index in [1.807, 2.05) is 12.1 Å². The molecule has 0 bridgehead atoms. The quantitative estimate of drug-likeness (QED) is 0.875. The van der Waals surface area contributed by atoms with Crippen LogP contribution in [0.1, 0.15) is 11.6 Å². The first-order valence-corrected chi connectivity index (χ1v) is 8.51. The summed E-state index contributed by atoms with van der Waals surface area (Å²) < 4.78 is 5.18. The van der Waals surface area contributed by atoms with Crippen LogP contribution in [-0.2, 0) is 4.79 Å². The Balaban J connectivity index is 1.74. The first-order chi connectivity index (χ1) is 13.0. The van der Waals surface area contributed by atoms with Crippen LogP contribution < -0.4 is 15.0 Å². The summed E-state index contributed by atoms with van der Waals surface area (Å²) in [5.41, 5.74) is 2.58. The molecule has 27 heavy (non-hydrogen) atoms. The smallest absolute Gasteiger partial charge is 0.322 e. The molecule has 7 heteroatoms. The van der Waals surface area contributed by atoms with Gasteiger partial charge in [-0.25, -0.2) is 4.79 Å². The predicted molar refractivity (Wildman–Crippen MR) is 99.5 cm³/mol. The summed E-state index contributed by atoms with van der Waals surface area (Å²) in [4.78, 5) is 28.7. The Morgan fingerprint density at radius 3 is 2.56 bits per heavy atom. The minimum atomic E-state index is -0.538. The average Bonchev–Trinajstić information content (AvgIpc) is 3.02. The molecule has 0 aromatic heterocycles. The number of urea groups is 1. The highest BCUT2D eigenvalue weighted by Crippen LogP contribution is 2.38. The van der Waals surface area contributed by atoms with E-state index in [1.165, 1.54) is 11.0 Å². The Morgan fingerprint density at radius 2 is 1.89 bits per heavy atom. The van der Waals surface area contributed by atoms with Crippen molar-refractivity contribution < 1.29 is 19.4 Å². The molecule has 1 atom stereocenters. The van der Waals surface area contributed by atoms with E-state index < -0.39 is 6.04 Å². The van der Waals surface area contributed by atoms with Gasteiger partial charge in [-0.2, -0.15) is 0 Å². The maximum Gasteiger partial charge on any atom is 0.322 e. The molecule has 0 radical (unpaired) electrons. The number of anilines is 1. The van der Waals surface area contributed by atoms with Gasteiger partial charge in [0.25, 0.3) is 5.91 Å². The number of nitrogens with zero attached hydrogens (tertiary/aromatic N) is 2. The van der Waals surface area contributed by atoms with Gasteiger partial charge in [0.05, 0.1) is 31.0 Å². The highest BCUT2D eigenvalue weighted by Gasteiger charge is 2.43. The largest absolute Gasteiger partial charge is 0.508 e. The summed E-state index contributed by atoms with van der Waals surface area (Å²) in [7, 11) is 3.23. The minimum absolute atomic E-state index is 0.0828. The molecule has 0 saturated carbocycles. The topological polar surface area (TPSA) is 82.1 Å². The number of phenolic OH excluding ortho intramolecular Hbond substituents is 1. The Hall–Kier alpha value is -3.48. The molecule has 0 spiro atoms. The second kappa shape index (κ2) is 6.35. The normalized spacial score (nSPS) is 19.3. The van der Waals surface area contributed by atoms with Crippen molar-refractivity contribution in [3.05, 3.63) is 65.4 Å². The van der Waals surface area contributed by atoms with Crippen molar-refractivity contribution in [2.24, 2.45) is 0 Å². The minimum Gasteiger partial charge on any atom is -0.508 e. The molecule has 2 aromatic rings. The average molecular weight is 365 g/mol. The van der Waals surface area contributed by atoms with E-state index in [1.54, 1.807) is 49.4 Å². The van der Waals surface area contributed by atoms with Crippen molar-refractivity contribution in [1.82, 2.24) is 10.2 Å². The van der Waals surface area contributed by atoms with Crippen LogP contribution in [0.15, 0.2) is 59.8 Å². The number of hydrogen-bond acceptors (Lipinski definition) is 4. The highest BCUT2D eigenvalue weighted by molar-refractivity contribution is 6.11. The molecule has 0 fully saturated rings. The molecule has 0 unspecified atom stereocenters. The maximum absolute atomic E-state index is 13.2. The number of phenols is 1. The van der Waals surface area contributed by atoms with Gasteiger partial charge < -0.3 is 20.1 Å². The zero-order chi connectivity index (χ0) is 19.1. The molecule has 0 aliphatic carbocycles. The third kappa shape index (κ3) is 2.77. The number of amides is 3. The van der Waals surface area contributed by atoms with Crippen molar-refractivity contribution in [1.29, 1.82) is 0 Å². The molecular formula is C20H19N3O4. The van der Waals surface area contributed by atoms with Gasteiger partial charge in [0.1, 0.15) is 11.5 Å². The van der Waals surface area contributed by atoms with E-state index >= 15 is 0 Å². The van der Waals surface area contributed by atoms with Crippen molar-refractivity contribution in [2.45, 2.75) is 6.04 Å². The fourth-order valence-corrected chi connectivity index (χ4v) is 3.48. The molecule has 2 aliphatic rings. The van der Waals surface area contributed by atoms with E-state index in [4.69, 9.17) is 4.74 Å². The van der Waals surface area contributed by atoms with E-state index in [2.05, 4.69) is 5.32 Å². The number of carbonyl (C=O) groups is 2. The lowest BCUT2D eigenvalue weighted by molar-refractivity contribution is -0.114. The first kappa shape index (κ1) is 17.0. The Kier molecular flexibility index (Phi) is 3.99. The molecular weight excluding hydrogens is 346 g/mol. The summed E-state index contributed by atoms with van der Waals surface area (Å²) in [6.45, 7) is 0.272. The summed E-state index contributed by atoms with van der Waals surface area (Å²) in [6, 6.07) is 13.0. The molecule has 138 valence electrons. The summed E-state index contributed by atoms with van der Waals surface area (Å²) in [6.07, 6.45) is 0. The standard InChI is InChI=1S/C20H19N3O4/c1-22-16-11-23(13-4-3-5-14(24)10-13)19(25)17(16)18(21-20(22)26)12-6-8-15(27-2)9-7-12/h3-10,18,24H,11H2,1-2H3,(H,21,26)/t18-/m1/s1. The van der Waals surface area contributed by atoms with E-state index in [0.717, 1.165) is 5.56 Å². The number of nitrogens with one attached hydrogen (secondary N) is 1. The van der Waals surface area contributed by atoms with Crippen LogP contribution >= 0.6 is 0 Å². The Morgan fingerprint density at radius 1 is 1.15 bits per heavy atom. The van der Waals surface area contributed by atoms with Crippen LogP contribution in [0.4, 0.5) is 10.5 Å². The zero-order valence-corrected chi connectivity index (χ0v) is 15.0. The van der Waals surface area contributed by atoms with Crippen molar-refractivity contribution in [3.8, 4) is 11.5 Å². The van der Waals surface area contributed by atoms with Crippen LogP contribution in [0.3, 0.4) is 0 Å². The van der Waals surface area contributed by atoms with Crippen LogP contribution in [0.25, 0.3) is 0 Å². The van der Waals surface area contributed by atoms with Crippen molar-refractivity contribution in [3.63, 3.8) is 0 Å². The second-order valence-electron chi connectivity index (χ2n) is 6.49. The van der Waals surface area contributed by atoms with Gasteiger partial charge in [0, 0.05) is 18.8 Å². The summed E-state index contributed by atoms with van der Waals surface area (Å²) in [5.74, 6) is 0.592. The fourth-order valence-electron chi connectivity index (χ4n) is 3.48. The number of methoxy groups -OCH3 is 1. The lowest BCUT2D eigenvalue weighted by atomic mass is 9.95. The number of benzene rings is 2. The van der Waals surface area contributed by atoms with Crippen LogP contribution in [0.2, 0.25) is 0 Å². The molecule has 0 saturated heterocycles. The Labute approximate surface area is 156 Å². The maximum atomic E-state index is 13.2. The SMILES string of the molecule is COc1ccc([C@H]2NC(=O)N(C)C3=C2C(=O)N(c2cccc(O)c2)C3)cc1. The number of rotatable bonds is 3. The number of likely N-dealkylation sites (N-methyl/N-ethyl adjacent to an activating group) is 1. The number of carbonyl (C=O) groups excluding carboxylic acids is 2. The lowest BCUT2D eigenvalue weighted by Crippen LogP contribution is -2.45. The second-order valence-corrected chi connectivity index (χ2v) is 6.49. The number of ether oxygens (including phenoxy) is 1. The van der Waals surface area contributed by atoms with Gasteiger partial charge in [-0.3, -0.25) is 9.69 Å². The Bertz CT molecular complexity index is 952. The molecule has 2 heterocycles. The van der Waals surface area contributed by atoms with Gasteiger partial charge >= 0.3 is 6.03 Å². The van der Waals surface area contributed by atoms with Crippen LogP contribution in [-0.4, -0.2) is 42.6 Å². The van der Waals surface area contributed by atoms with Gasteiger partial charge in [-0.1, -0.05) is 18.2 Å². The third-order valence-electron chi connectivity index (χ3n) is 4.95. The number of hydrogen-bond donors (Lipinski definition) is 2. The predicted octanol–water partition coefficient (Wildman–Crippen LogP) is 2.40. The molecule has 7 nitrogen and oxygen atoms in total. The molecule has 2 aromatic carbocycles. The summed E-state index contributed by atoms with van der Waals surface area (Å²) in [5, 5.41) is 12.6. The van der Waals surface area contributed by atoms with Crippen LogP contribution in [0.5, 0.6) is 11.5 Å². The van der Waals surface area contributed by atoms with E-state index in [9.17, 15) is 14.7 Å². The van der Waals surface area contributed by atoms with E-state index in [0.29, 0.717) is 22.7 Å². The van der Waals surface area contributed by atoms with Gasteiger partial charge in [-0.15, -0.1) is 0 Å². The highest BCUT2D eigenvalue weighted by atomic mass is 16.5. The fraction of sp³-hybridized carbons (Fsp3) is 0.200. The third-order valence-corrected chi connectivity index (χ3v) is 4.95. The molecule has 2 N–H and O–H groups in total. The zero-order valence-electron chi connectivity index (χ0n) is 15.0. The van der Waals surface area contributed by atoms with Gasteiger partial charge in [0.15, 0.2) is 0 Å². The first-order valence-electron chi connectivity index (χ1n) is 8.51. The summed E-state index contributed by atoms with van der Waals surface area (Å²) >= 11 is 0. The van der Waals surface area contributed by atoms with Gasteiger partial charge in [0.2, 0.25) is 0 Å². The lowest BCUT2D eigenvalue weighted by Gasteiger charge is -2.31.